The SMILES string of the molecule is COC(=O)c1ccc2c(c1)[nH]c1ncnc(NCCC3CCNCC3)c12. The van der Waals surface area contributed by atoms with Gasteiger partial charge >= 0.3 is 5.97 Å². The second-order valence-corrected chi connectivity index (χ2v) is 6.73. The van der Waals surface area contributed by atoms with Crippen LogP contribution in [0, 0.1) is 5.92 Å². The molecule has 2 aromatic heterocycles. The summed E-state index contributed by atoms with van der Waals surface area (Å²) in [5, 5.41) is 8.84. The number of ether oxygens (including phenoxy) is 1. The van der Waals surface area contributed by atoms with Crippen molar-refractivity contribution < 1.29 is 9.53 Å². The standard InChI is InChI=1S/C19H23N5O2/c1-26-19(25)13-2-3-14-15(10-13)24-18-16(14)17(22-11-23-18)21-9-6-12-4-7-20-8-5-12/h2-3,10-12,20H,4-9H2,1H3,(H2,21,22,23,24). The van der Waals surface area contributed by atoms with E-state index in [1.807, 2.05) is 6.07 Å². The number of methoxy groups -OCH3 is 1. The zero-order valence-electron chi connectivity index (χ0n) is 14.8. The minimum absolute atomic E-state index is 0.350. The van der Waals surface area contributed by atoms with Crippen molar-refractivity contribution in [2.24, 2.45) is 5.92 Å². The monoisotopic (exact) mass is 353 g/mol. The molecule has 1 fully saturated rings. The highest BCUT2D eigenvalue weighted by Crippen LogP contribution is 2.30. The molecule has 0 spiro atoms. The maximum absolute atomic E-state index is 11.8. The number of rotatable bonds is 5. The van der Waals surface area contributed by atoms with Gasteiger partial charge < -0.3 is 20.4 Å². The van der Waals surface area contributed by atoms with Gasteiger partial charge in [-0.2, -0.15) is 0 Å². The van der Waals surface area contributed by atoms with Crippen LogP contribution >= 0.6 is 0 Å². The molecule has 3 heterocycles. The topological polar surface area (TPSA) is 91.9 Å². The number of nitrogens with one attached hydrogen (secondary N) is 3. The first-order valence-electron chi connectivity index (χ1n) is 9.05. The zero-order chi connectivity index (χ0) is 17.9. The number of anilines is 1. The smallest absolute Gasteiger partial charge is 0.337 e. The molecular formula is C19H23N5O2. The highest BCUT2D eigenvalue weighted by atomic mass is 16.5. The van der Waals surface area contributed by atoms with E-state index < -0.39 is 0 Å². The lowest BCUT2D eigenvalue weighted by atomic mass is 9.95. The molecule has 26 heavy (non-hydrogen) atoms. The van der Waals surface area contributed by atoms with Gasteiger partial charge in [0, 0.05) is 17.4 Å². The summed E-state index contributed by atoms with van der Waals surface area (Å²) in [5.74, 6) is 1.25. The Labute approximate surface area is 151 Å². The van der Waals surface area contributed by atoms with Gasteiger partial charge in [-0.05, 0) is 50.4 Å². The molecule has 1 aliphatic heterocycles. The van der Waals surface area contributed by atoms with Gasteiger partial charge in [0.25, 0.3) is 0 Å². The zero-order valence-corrected chi connectivity index (χ0v) is 14.8. The van der Waals surface area contributed by atoms with Gasteiger partial charge in [-0.3, -0.25) is 0 Å². The number of piperidine rings is 1. The lowest BCUT2D eigenvalue weighted by molar-refractivity contribution is 0.0601. The summed E-state index contributed by atoms with van der Waals surface area (Å²) in [7, 11) is 1.38. The van der Waals surface area contributed by atoms with Crippen LogP contribution in [0.2, 0.25) is 0 Å². The normalized spacial score (nSPS) is 15.4. The van der Waals surface area contributed by atoms with E-state index in [9.17, 15) is 4.79 Å². The summed E-state index contributed by atoms with van der Waals surface area (Å²) >= 11 is 0. The molecule has 0 unspecified atom stereocenters. The Morgan fingerprint density at radius 2 is 2.15 bits per heavy atom. The molecule has 1 saturated heterocycles. The van der Waals surface area contributed by atoms with Crippen LogP contribution in [-0.4, -0.2) is 47.7 Å². The molecule has 3 N–H and O–H groups in total. The van der Waals surface area contributed by atoms with E-state index in [1.165, 1.54) is 20.0 Å². The van der Waals surface area contributed by atoms with Gasteiger partial charge in [0.05, 0.1) is 18.1 Å². The van der Waals surface area contributed by atoms with Crippen LogP contribution in [0.25, 0.3) is 21.9 Å². The van der Waals surface area contributed by atoms with E-state index in [2.05, 4.69) is 25.6 Å². The summed E-state index contributed by atoms with van der Waals surface area (Å²) in [4.78, 5) is 23.8. The van der Waals surface area contributed by atoms with Gasteiger partial charge in [0.15, 0.2) is 0 Å². The van der Waals surface area contributed by atoms with Gasteiger partial charge in [-0.25, -0.2) is 14.8 Å². The highest BCUT2D eigenvalue weighted by molar-refractivity contribution is 6.12. The van der Waals surface area contributed by atoms with Crippen LogP contribution in [0.1, 0.15) is 29.6 Å². The molecular weight excluding hydrogens is 330 g/mol. The largest absolute Gasteiger partial charge is 0.465 e. The molecule has 0 saturated carbocycles. The van der Waals surface area contributed by atoms with Crippen molar-refractivity contribution in [1.29, 1.82) is 0 Å². The molecule has 7 heteroatoms. The number of carbonyl (C=O) groups is 1. The molecule has 4 rings (SSSR count). The van der Waals surface area contributed by atoms with E-state index in [1.54, 1.807) is 18.5 Å². The molecule has 1 aliphatic rings. The fourth-order valence-corrected chi connectivity index (χ4v) is 3.67. The van der Waals surface area contributed by atoms with E-state index in [-0.39, 0.29) is 5.97 Å². The van der Waals surface area contributed by atoms with Gasteiger partial charge in [0.1, 0.15) is 17.8 Å². The lowest BCUT2D eigenvalue weighted by Gasteiger charge is -2.22. The predicted octanol–water partition coefficient (Wildman–Crippen LogP) is 2.70. The number of esters is 1. The molecule has 7 nitrogen and oxygen atoms in total. The van der Waals surface area contributed by atoms with Crippen LogP contribution in [0.4, 0.5) is 5.82 Å². The first kappa shape index (κ1) is 16.8. The summed E-state index contributed by atoms with van der Waals surface area (Å²) < 4.78 is 4.80. The van der Waals surface area contributed by atoms with Crippen LogP contribution in [0.3, 0.4) is 0 Å². The Kier molecular flexibility index (Phi) is 4.71. The average molecular weight is 353 g/mol. The Morgan fingerprint density at radius 3 is 2.96 bits per heavy atom. The van der Waals surface area contributed by atoms with Crippen molar-refractivity contribution in [2.75, 3.05) is 32.1 Å². The first-order valence-corrected chi connectivity index (χ1v) is 9.05. The third-order valence-electron chi connectivity index (χ3n) is 5.11. The summed E-state index contributed by atoms with van der Waals surface area (Å²) in [6, 6.07) is 5.48. The minimum Gasteiger partial charge on any atom is -0.465 e. The molecule has 0 radical (unpaired) electrons. The summed E-state index contributed by atoms with van der Waals surface area (Å²) in [5.41, 5.74) is 2.13. The number of hydrogen-bond donors (Lipinski definition) is 3. The Hall–Kier alpha value is -2.67. The van der Waals surface area contributed by atoms with Crippen molar-refractivity contribution in [3.05, 3.63) is 30.1 Å². The number of benzene rings is 1. The maximum atomic E-state index is 11.8. The maximum Gasteiger partial charge on any atom is 0.337 e. The number of hydrogen-bond acceptors (Lipinski definition) is 6. The second kappa shape index (κ2) is 7.29. The minimum atomic E-state index is -0.350. The van der Waals surface area contributed by atoms with Crippen molar-refractivity contribution in [3.8, 4) is 0 Å². The molecule has 3 aromatic rings. The van der Waals surface area contributed by atoms with E-state index >= 15 is 0 Å². The predicted molar refractivity (Wildman–Crippen MR) is 101 cm³/mol. The average Bonchev–Trinajstić information content (AvgIpc) is 3.06. The van der Waals surface area contributed by atoms with E-state index in [0.29, 0.717) is 5.56 Å². The van der Waals surface area contributed by atoms with Crippen molar-refractivity contribution >= 4 is 33.7 Å². The first-order chi connectivity index (χ1) is 12.8. The van der Waals surface area contributed by atoms with Gasteiger partial charge in [-0.1, -0.05) is 6.07 Å². The molecule has 0 bridgehead atoms. The Bertz CT molecular complexity index is 930. The van der Waals surface area contributed by atoms with Crippen LogP contribution < -0.4 is 10.6 Å². The number of nitrogens with zero attached hydrogens (tertiary/aromatic N) is 2. The number of H-pyrrole nitrogens is 1. The third kappa shape index (κ3) is 3.22. The van der Waals surface area contributed by atoms with Crippen molar-refractivity contribution in [2.45, 2.75) is 19.3 Å². The fourth-order valence-electron chi connectivity index (χ4n) is 3.67. The van der Waals surface area contributed by atoms with Crippen LogP contribution in [0.15, 0.2) is 24.5 Å². The number of aromatic amines is 1. The van der Waals surface area contributed by atoms with Crippen molar-refractivity contribution in [1.82, 2.24) is 20.3 Å². The molecule has 136 valence electrons. The molecule has 1 aromatic carbocycles. The molecule has 0 aliphatic carbocycles. The Morgan fingerprint density at radius 1 is 1.31 bits per heavy atom. The van der Waals surface area contributed by atoms with Crippen LogP contribution in [0.5, 0.6) is 0 Å². The summed E-state index contributed by atoms with van der Waals surface area (Å²) in [6.45, 7) is 3.13. The third-order valence-corrected chi connectivity index (χ3v) is 5.11. The number of carbonyl (C=O) groups excluding carboxylic acids is 1. The fraction of sp³-hybridized carbons (Fsp3) is 0.421. The molecule has 0 atom stereocenters. The quantitative estimate of drug-likeness (QED) is 0.611. The second-order valence-electron chi connectivity index (χ2n) is 6.73. The Balaban J connectivity index is 1.59. The highest BCUT2D eigenvalue weighted by Gasteiger charge is 2.15. The van der Waals surface area contributed by atoms with E-state index in [4.69, 9.17) is 4.74 Å². The number of aromatic nitrogens is 3. The number of fused-ring (bicyclic) bond motifs is 3. The lowest BCUT2D eigenvalue weighted by Crippen LogP contribution is -2.28. The van der Waals surface area contributed by atoms with Gasteiger partial charge in [0.2, 0.25) is 0 Å². The summed E-state index contributed by atoms with van der Waals surface area (Å²) in [6.07, 6.45) is 5.18. The van der Waals surface area contributed by atoms with E-state index in [0.717, 1.165) is 59.7 Å². The van der Waals surface area contributed by atoms with Crippen molar-refractivity contribution in [3.63, 3.8) is 0 Å². The van der Waals surface area contributed by atoms with Gasteiger partial charge in [-0.15, -0.1) is 0 Å². The molecule has 0 amide bonds. The van der Waals surface area contributed by atoms with Crippen LogP contribution in [-0.2, 0) is 4.74 Å².